The summed E-state index contributed by atoms with van der Waals surface area (Å²) in [5.41, 5.74) is 4.32. The predicted molar refractivity (Wildman–Crippen MR) is 173 cm³/mol. The van der Waals surface area contributed by atoms with Crippen LogP contribution in [-0.2, 0) is 26.5 Å². The van der Waals surface area contributed by atoms with Crippen LogP contribution in [0.1, 0.15) is 59.9 Å². The summed E-state index contributed by atoms with van der Waals surface area (Å²) in [6.45, 7) is 5.93. The largest absolute Gasteiger partial charge is 0.305 e. The van der Waals surface area contributed by atoms with E-state index in [9.17, 15) is 0 Å². The standard InChI is InChI=1S/C19H16N.C18H24NSi.Ir/c1-15-14-20-19(17-10-6-3-7-11-17)13-18(15)12-16-8-4-2-5-9-16;1-13(2)16-11-17(15-9-7-14(3)8-10-15)19-12-18(16)20(4,5)6;/h2-10,13-14H,12H2,1H3;7-9,11-13H,1-6H3;/q2*-1;/i1D3,12D2;3D3,13D;. The van der Waals surface area contributed by atoms with E-state index in [1.54, 1.807) is 54.6 Å². The van der Waals surface area contributed by atoms with E-state index in [1.165, 1.54) is 23.5 Å². The van der Waals surface area contributed by atoms with Crippen molar-refractivity contribution in [3.05, 3.63) is 137 Å². The monoisotopic (exact) mass is 742 g/mol. The van der Waals surface area contributed by atoms with Crippen molar-refractivity contribution in [3.63, 3.8) is 0 Å². The molecule has 0 aliphatic heterocycles. The molecule has 0 saturated heterocycles. The molecule has 2 aromatic heterocycles. The molecule has 0 aliphatic rings. The van der Waals surface area contributed by atoms with Gasteiger partial charge in [-0.1, -0.05) is 88.4 Å². The maximum Gasteiger partial charge on any atom is 0.0799 e. The number of nitrogens with zero attached hydrogens (tertiary/aromatic N) is 2. The van der Waals surface area contributed by atoms with Gasteiger partial charge in [-0.2, -0.15) is 0 Å². The number of pyridine rings is 2. The van der Waals surface area contributed by atoms with E-state index in [-0.39, 0.29) is 36.8 Å². The van der Waals surface area contributed by atoms with Gasteiger partial charge < -0.3 is 9.97 Å². The molecular formula is C37H40IrN2Si-2. The third-order valence-corrected chi connectivity index (χ3v) is 8.30. The molecule has 0 unspecified atom stereocenters. The van der Waals surface area contributed by atoms with E-state index in [4.69, 9.17) is 12.3 Å². The second-order valence-corrected chi connectivity index (χ2v) is 15.8. The Morgan fingerprint density at radius 3 is 2.17 bits per heavy atom. The Balaban J connectivity index is 0.000000265. The number of hydrogen-bond donors (Lipinski definition) is 0. The summed E-state index contributed by atoms with van der Waals surface area (Å²) in [5.74, 6) is -0.716. The summed E-state index contributed by atoms with van der Waals surface area (Å²) in [6.07, 6.45) is 1.18. The molecule has 0 saturated carbocycles. The van der Waals surface area contributed by atoms with Crippen LogP contribution in [0, 0.1) is 25.8 Å². The number of benzene rings is 3. The van der Waals surface area contributed by atoms with Gasteiger partial charge in [0.15, 0.2) is 0 Å². The number of hydrogen-bond acceptors (Lipinski definition) is 2. The van der Waals surface area contributed by atoms with Crippen LogP contribution in [0.4, 0.5) is 0 Å². The average molecular weight is 742 g/mol. The second kappa shape index (κ2) is 14.6. The Morgan fingerprint density at radius 2 is 1.56 bits per heavy atom. The van der Waals surface area contributed by atoms with Gasteiger partial charge in [0.25, 0.3) is 0 Å². The van der Waals surface area contributed by atoms with Crippen LogP contribution in [0.5, 0.6) is 0 Å². The summed E-state index contributed by atoms with van der Waals surface area (Å²) < 4.78 is 71.2. The van der Waals surface area contributed by atoms with Crippen molar-refractivity contribution in [2.24, 2.45) is 0 Å². The fraction of sp³-hybridized carbons (Fsp3) is 0.243. The first-order chi connectivity index (χ1) is 22.6. The molecule has 5 rings (SSSR count). The SMILES string of the molecule is [2H]C([2H])([2H])c1c[c-]c(-c2cc(C([2H])(C)C)c([Si](C)(C)C)cn2)cc1.[2H]C([2H])([2H])c1cnc(-c2[c-]cccc2)cc1C([2H])([2H])c1ccccc1.[Ir]. The second-order valence-electron chi connectivity index (χ2n) is 10.7. The normalized spacial score (nSPS) is 15.4. The van der Waals surface area contributed by atoms with Gasteiger partial charge in [-0.25, -0.2) is 0 Å². The van der Waals surface area contributed by atoms with E-state index in [2.05, 4.69) is 41.7 Å². The van der Waals surface area contributed by atoms with Crippen LogP contribution in [0.2, 0.25) is 19.6 Å². The number of aromatic nitrogens is 2. The summed E-state index contributed by atoms with van der Waals surface area (Å²) >= 11 is 0. The number of rotatable bonds is 6. The van der Waals surface area contributed by atoms with Crippen molar-refractivity contribution in [2.45, 2.75) is 59.5 Å². The zero-order valence-corrected chi connectivity index (χ0v) is 27.4. The van der Waals surface area contributed by atoms with E-state index < -0.39 is 34.0 Å². The summed E-state index contributed by atoms with van der Waals surface area (Å²) in [4.78, 5) is 8.79. The molecule has 0 fully saturated rings. The van der Waals surface area contributed by atoms with Crippen molar-refractivity contribution in [2.75, 3.05) is 0 Å². The van der Waals surface area contributed by atoms with Crippen LogP contribution in [0.25, 0.3) is 22.5 Å². The van der Waals surface area contributed by atoms with Crippen LogP contribution in [-0.4, -0.2) is 18.0 Å². The Kier molecular flexibility index (Phi) is 7.68. The molecule has 3 aromatic carbocycles. The van der Waals surface area contributed by atoms with Gasteiger partial charge in [0.1, 0.15) is 0 Å². The van der Waals surface area contributed by atoms with Gasteiger partial charge in [0.2, 0.25) is 0 Å². The topological polar surface area (TPSA) is 25.8 Å². The molecule has 4 heteroatoms. The van der Waals surface area contributed by atoms with Crippen molar-refractivity contribution >= 4 is 13.3 Å². The molecule has 41 heavy (non-hydrogen) atoms. The van der Waals surface area contributed by atoms with E-state index in [0.29, 0.717) is 16.8 Å². The van der Waals surface area contributed by atoms with Crippen molar-refractivity contribution in [3.8, 4) is 22.5 Å². The molecule has 0 bridgehead atoms. The zero-order chi connectivity index (χ0) is 36.4. The summed E-state index contributed by atoms with van der Waals surface area (Å²) in [6, 6.07) is 30.1. The molecule has 0 spiro atoms. The molecule has 0 atom stereocenters. The fourth-order valence-corrected chi connectivity index (χ4v) is 5.72. The third kappa shape index (κ3) is 8.90. The minimum absolute atomic E-state index is 0. The Labute approximate surface area is 274 Å². The maximum atomic E-state index is 8.57. The predicted octanol–water partition coefficient (Wildman–Crippen LogP) is 8.97. The van der Waals surface area contributed by atoms with Crippen molar-refractivity contribution in [1.29, 1.82) is 0 Å². The maximum absolute atomic E-state index is 8.57. The molecule has 5 aromatic rings. The molecule has 213 valence electrons. The molecule has 2 heterocycles. The smallest absolute Gasteiger partial charge is 0.0799 e. The minimum atomic E-state index is -2.45. The quantitative estimate of drug-likeness (QED) is 0.128. The van der Waals surface area contributed by atoms with E-state index in [1.807, 2.05) is 38.2 Å². The third-order valence-electron chi connectivity index (χ3n) is 6.28. The van der Waals surface area contributed by atoms with Gasteiger partial charge in [-0.3, -0.25) is 0 Å². The molecule has 1 radical (unpaired) electrons. The Hall–Kier alpha value is -3.17. The summed E-state index contributed by atoms with van der Waals surface area (Å²) in [5, 5.41) is 1.19. The molecule has 0 N–H and O–H groups in total. The average Bonchev–Trinajstić information content (AvgIpc) is 3.04. The Bertz CT molecular complexity index is 1870. The first kappa shape index (κ1) is 21.5. The number of aryl methyl sites for hydroxylation is 2. The van der Waals surface area contributed by atoms with Crippen LogP contribution >= 0.6 is 0 Å². The van der Waals surface area contributed by atoms with Crippen LogP contribution < -0.4 is 5.19 Å². The van der Waals surface area contributed by atoms with Gasteiger partial charge in [-0.15, -0.1) is 71.3 Å². The van der Waals surface area contributed by atoms with Crippen LogP contribution in [0.3, 0.4) is 0 Å². The van der Waals surface area contributed by atoms with E-state index >= 15 is 0 Å². The van der Waals surface area contributed by atoms with Gasteiger partial charge in [-0.05, 0) is 52.4 Å². The van der Waals surface area contributed by atoms with Gasteiger partial charge in [0.05, 0.1) is 8.07 Å². The molecule has 2 nitrogen and oxygen atoms in total. The van der Waals surface area contributed by atoms with Crippen LogP contribution in [0.15, 0.2) is 97.3 Å². The fourth-order valence-electron chi connectivity index (χ4n) is 4.13. The van der Waals surface area contributed by atoms with Crippen molar-refractivity contribution < 1.29 is 32.4 Å². The zero-order valence-electron chi connectivity index (χ0n) is 33.0. The molecule has 0 amide bonds. The van der Waals surface area contributed by atoms with Gasteiger partial charge in [0, 0.05) is 44.8 Å². The van der Waals surface area contributed by atoms with Crippen molar-refractivity contribution in [1.82, 2.24) is 9.97 Å². The first-order valence-corrected chi connectivity index (χ1v) is 16.7. The first-order valence-electron chi connectivity index (χ1n) is 17.7. The molecular weight excluding hydrogens is 693 g/mol. The molecule has 0 aliphatic carbocycles. The minimum Gasteiger partial charge on any atom is -0.305 e. The van der Waals surface area contributed by atoms with Gasteiger partial charge >= 0.3 is 0 Å². The van der Waals surface area contributed by atoms with E-state index in [0.717, 1.165) is 16.8 Å². The summed E-state index contributed by atoms with van der Waals surface area (Å²) in [7, 11) is -1.61. The Morgan fingerprint density at radius 1 is 0.854 bits per heavy atom.